The van der Waals surface area contributed by atoms with Gasteiger partial charge < -0.3 is 14.2 Å². The fourth-order valence-corrected chi connectivity index (χ4v) is 11.3. The molecule has 0 radical (unpaired) electrons. The van der Waals surface area contributed by atoms with Gasteiger partial charge >= 0.3 is 17.9 Å². The summed E-state index contributed by atoms with van der Waals surface area (Å²) in [6, 6.07) is 0. The summed E-state index contributed by atoms with van der Waals surface area (Å²) in [5.41, 5.74) is 0. The molecule has 0 spiro atoms. The Hall–Kier alpha value is -1.59. The van der Waals surface area contributed by atoms with Gasteiger partial charge in [-0.05, 0) is 37.0 Å². The molecule has 0 N–H and O–H groups in total. The molecule has 0 rings (SSSR count). The predicted octanol–water partition coefficient (Wildman–Crippen LogP) is 24.2. The Balaban J connectivity index is 4.28. The first kappa shape index (κ1) is 76.4. The Kier molecular flexibility index (Phi) is 61.7. The third-order valence-corrected chi connectivity index (χ3v) is 16.6. The van der Waals surface area contributed by atoms with E-state index in [-0.39, 0.29) is 31.1 Å². The molecule has 6 nitrogen and oxygen atoms in total. The Bertz CT molecular complexity index is 1210. The lowest BCUT2D eigenvalue weighted by Crippen LogP contribution is -2.30. The quantitative estimate of drug-likeness (QED) is 0.0343. The average molecular weight is 1100 g/mol. The lowest BCUT2D eigenvalue weighted by atomic mass is 10.0. The number of hydrogen-bond donors (Lipinski definition) is 0. The summed E-state index contributed by atoms with van der Waals surface area (Å²) < 4.78 is 17.0. The van der Waals surface area contributed by atoms with E-state index in [1.807, 2.05) is 0 Å². The number of esters is 3. The first-order chi connectivity index (χ1) is 38.1. The number of unbranched alkanes of at least 4 members (excludes halogenated alkanes) is 48. The zero-order valence-electron chi connectivity index (χ0n) is 54.0. The lowest BCUT2D eigenvalue weighted by molar-refractivity contribution is -0.167. The zero-order chi connectivity index (χ0) is 56.9. The molecule has 0 aliphatic rings. The monoisotopic (exact) mass is 1100 g/mol. The van der Waals surface area contributed by atoms with Crippen molar-refractivity contribution in [2.24, 2.45) is 17.8 Å². The molecule has 464 valence electrons. The van der Waals surface area contributed by atoms with Crippen LogP contribution in [0.2, 0.25) is 0 Å². The second kappa shape index (κ2) is 63.0. The van der Waals surface area contributed by atoms with Crippen LogP contribution in [0.15, 0.2) is 0 Å². The highest BCUT2D eigenvalue weighted by Crippen LogP contribution is 2.20. The summed E-state index contributed by atoms with van der Waals surface area (Å²) in [5.74, 6) is 1.74. The normalized spacial score (nSPS) is 12.1. The molecule has 0 heterocycles. The third kappa shape index (κ3) is 65.2. The van der Waals surface area contributed by atoms with Crippen molar-refractivity contribution in [3.8, 4) is 0 Å². The Labute approximate surface area is 488 Å². The van der Waals surface area contributed by atoms with Crippen LogP contribution in [0.3, 0.4) is 0 Å². The Morgan fingerprint density at radius 3 is 0.551 bits per heavy atom. The third-order valence-electron chi connectivity index (χ3n) is 16.6. The van der Waals surface area contributed by atoms with Gasteiger partial charge in [-0.3, -0.25) is 14.4 Å². The highest BCUT2D eigenvalue weighted by atomic mass is 16.6. The van der Waals surface area contributed by atoms with E-state index in [0.29, 0.717) is 19.3 Å². The van der Waals surface area contributed by atoms with Crippen LogP contribution in [0, 0.1) is 17.8 Å². The molecule has 0 fully saturated rings. The van der Waals surface area contributed by atoms with Crippen molar-refractivity contribution < 1.29 is 28.6 Å². The number of carbonyl (C=O) groups excluding carboxylic acids is 3. The summed E-state index contributed by atoms with van der Waals surface area (Å²) in [7, 11) is 0. The molecule has 0 aromatic carbocycles. The van der Waals surface area contributed by atoms with E-state index < -0.39 is 6.10 Å². The van der Waals surface area contributed by atoms with Crippen molar-refractivity contribution in [2.45, 2.75) is 414 Å². The van der Waals surface area contributed by atoms with Crippen LogP contribution in [0.4, 0.5) is 0 Å². The first-order valence-corrected chi connectivity index (χ1v) is 35.6. The summed E-state index contributed by atoms with van der Waals surface area (Å²) in [6.07, 6.45) is 71.2. The van der Waals surface area contributed by atoms with Crippen LogP contribution in [0.1, 0.15) is 408 Å². The molecule has 0 unspecified atom stereocenters. The molecule has 1 atom stereocenters. The molecule has 0 saturated heterocycles. The van der Waals surface area contributed by atoms with Gasteiger partial charge in [-0.25, -0.2) is 0 Å². The van der Waals surface area contributed by atoms with Gasteiger partial charge in [0.1, 0.15) is 13.2 Å². The molecule has 0 aliphatic heterocycles. The molecule has 0 bridgehead atoms. The zero-order valence-corrected chi connectivity index (χ0v) is 54.0. The van der Waals surface area contributed by atoms with Crippen LogP contribution in [-0.2, 0) is 28.6 Å². The maximum absolute atomic E-state index is 13.0. The van der Waals surface area contributed by atoms with Gasteiger partial charge in [0.2, 0.25) is 0 Å². The summed E-state index contributed by atoms with van der Waals surface area (Å²) in [6.45, 7) is 13.9. The minimum absolute atomic E-state index is 0.0616. The van der Waals surface area contributed by atoms with Gasteiger partial charge in [-0.2, -0.15) is 0 Å². The number of rotatable bonds is 65. The molecule has 0 saturated carbocycles. The van der Waals surface area contributed by atoms with Crippen molar-refractivity contribution in [1.82, 2.24) is 0 Å². The summed E-state index contributed by atoms with van der Waals surface area (Å²) in [5, 5.41) is 0. The Morgan fingerprint density at radius 2 is 0.372 bits per heavy atom. The fourth-order valence-electron chi connectivity index (χ4n) is 11.3. The molecular formula is C72H140O6. The second-order valence-corrected chi connectivity index (χ2v) is 26.3. The molecular weight excluding hydrogens is 961 g/mol. The first-order valence-electron chi connectivity index (χ1n) is 35.6. The van der Waals surface area contributed by atoms with Crippen LogP contribution in [-0.4, -0.2) is 37.2 Å². The van der Waals surface area contributed by atoms with E-state index in [2.05, 4.69) is 41.5 Å². The van der Waals surface area contributed by atoms with Crippen LogP contribution in [0.5, 0.6) is 0 Å². The predicted molar refractivity (Wildman–Crippen MR) is 339 cm³/mol. The Morgan fingerprint density at radius 1 is 0.218 bits per heavy atom. The molecule has 0 aromatic rings. The van der Waals surface area contributed by atoms with Gasteiger partial charge in [0.25, 0.3) is 0 Å². The van der Waals surface area contributed by atoms with Crippen LogP contribution < -0.4 is 0 Å². The van der Waals surface area contributed by atoms with Crippen molar-refractivity contribution in [3.63, 3.8) is 0 Å². The van der Waals surface area contributed by atoms with Crippen molar-refractivity contribution in [1.29, 1.82) is 0 Å². The number of carbonyl (C=O) groups is 3. The highest BCUT2D eigenvalue weighted by Gasteiger charge is 2.20. The fraction of sp³-hybridized carbons (Fsp3) is 0.958. The highest BCUT2D eigenvalue weighted by molar-refractivity contribution is 5.71. The minimum Gasteiger partial charge on any atom is -0.462 e. The molecule has 6 heteroatoms. The van der Waals surface area contributed by atoms with Crippen LogP contribution >= 0.6 is 0 Å². The lowest BCUT2D eigenvalue weighted by Gasteiger charge is -2.18. The average Bonchev–Trinajstić information content (AvgIpc) is 3.41. The van der Waals surface area contributed by atoms with E-state index in [1.165, 1.54) is 289 Å². The van der Waals surface area contributed by atoms with Gasteiger partial charge in [0.15, 0.2) is 6.10 Å². The molecule has 0 amide bonds. The van der Waals surface area contributed by atoms with Crippen molar-refractivity contribution in [2.75, 3.05) is 13.2 Å². The smallest absolute Gasteiger partial charge is 0.306 e. The van der Waals surface area contributed by atoms with E-state index in [1.54, 1.807) is 0 Å². The van der Waals surface area contributed by atoms with E-state index in [9.17, 15) is 14.4 Å². The van der Waals surface area contributed by atoms with E-state index in [4.69, 9.17) is 14.2 Å². The minimum atomic E-state index is -0.765. The standard InChI is InChI=1S/C72H140O6/c1-66(2)58-52-46-40-34-28-22-16-11-7-9-13-19-25-31-37-43-49-55-61-70(73)76-64-69(65-77-71(74)62-56-50-44-38-32-26-21-15-18-24-30-36-42-48-54-60-68(5)6)78-72(75)63-57-51-45-39-33-27-20-14-10-8-12-17-23-29-35-41-47-53-59-67(3)4/h66-69H,7-65H2,1-6H3/t69-/m1/s1. The van der Waals surface area contributed by atoms with Crippen molar-refractivity contribution in [3.05, 3.63) is 0 Å². The number of hydrogen-bond acceptors (Lipinski definition) is 6. The maximum Gasteiger partial charge on any atom is 0.306 e. The largest absolute Gasteiger partial charge is 0.462 e. The molecule has 0 aliphatic carbocycles. The van der Waals surface area contributed by atoms with Crippen LogP contribution in [0.25, 0.3) is 0 Å². The van der Waals surface area contributed by atoms with E-state index >= 15 is 0 Å². The SMILES string of the molecule is CC(C)CCCCCCCCCCCCCCCCCCCCC(=O)OC[C@H](COC(=O)CCCCCCCCCCCCCCCCCC(C)C)OC(=O)CCCCCCCCCCCCCCCCCCCCC(C)C. The topological polar surface area (TPSA) is 78.9 Å². The van der Waals surface area contributed by atoms with E-state index in [0.717, 1.165) is 75.5 Å². The van der Waals surface area contributed by atoms with Gasteiger partial charge in [-0.1, -0.05) is 369 Å². The van der Waals surface area contributed by atoms with Gasteiger partial charge in [0.05, 0.1) is 0 Å². The van der Waals surface area contributed by atoms with Crippen molar-refractivity contribution >= 4 is 17.9 Å². The summed E-state index contributed by atoms with van der Waals surface area (Å²) >= 11 is 0. The van der Waals surface area contributed by atoms with Gasteiger partial charge in [0, 0.05) is 19.3 Å². The summed E-state index contributed by atoms with van der Waals surface area (Å²) in [4.78, 5) is 38.5. The second-order valence-electron chi connectivity index (χ2n) is 26.3. The molecule has 0 aromatic heterocycles. The van der Waals surface area contributed by atoms with Gasteiger partial charge in [-0.15, -0.1) is 0 Å². The number of ether oxygens (including phenoxy) is 3. The molecule has 78 heavy (non-hydrogen) atoms. The maximum atomic E-state index is 13.0.